The van der Waals surface area contributed by atoms with E-state index in [0.717, 1.165) is 0 Å². The summed E-state index contributed by atoms with van der Waals surface area (Å²) in [5, 5.41) is 9.04. The van der Waals surface area contributed by atoms with Crippen LogP contribution in [0.2, 0.25) is 0 Å². The first-order valence-corrected chi connectivity index (χ1v) is 7.01. The van der Waals surface area contributed by atoms with Crippen molar-refractivity contribution in [3.63, 3.8) is 0 Å². The van der Waals surface area contributed by atoms with E-state index in [-0.39, 0.29) is 18.4 Å². The number of hydrogen-bond donors (Lipinski definition) is 1. The molecule has 0 saturated carbocycles. The fourth-order valence-corrected chi connectivity index (χ4v) is 2.03. The Labute approximate surface area is 125 Å². The minimum atomic E-state index is -0.901. The molecule has 0 aliphatic carbocycles. The Morgan fingerprint density at radius 2 is 1.90 bits per heavy atom. The molecule has 0 aromatic heterocycles. The van der Waals surface area contributed by atoms with E-state index in [0.29, 0.717) is 17.9 Å². The lowest BCUT2D eigenvalue weighted by Gasteiger charge is -2.26. The van der Waals surface area contributed by atoms with E-state index in [1.54, 1.807) is 43.2 Å². The van der Waals surface area contributed by atoms with Crippen molar-refractivity contribution in [3.05, 3.63) is 29.8 Å². The van der Waals surface area contributed by atoms with Crippen LogP contribution in [-0.2, 0) is 4.79 Å². The normalized spacial score (nSPS) is 12.0. The number of amides is 1. The molecular weight excluding hydrogens is 270 g/mol. The summed E-state index contributed by atoms with van der Waals surface area (Å²) in [5.74, 6) is -0.798. The Morgan fingerprint density at radius 3 is 2.43 bits per heavy atom. The molecule has 0 radical (unpaired) electrons. The van der Waals surface area contributed by atoms with Gasteiger partial charge in [-0.2, -0.15) is 0 Å². The first kappa shape index (κ1) is 17.0. The minimum absolute atomic E-state index is 0.171. The number of ether oxygens (including phenoxy) is 1. The smallest absolute Gasteiger partial charge is 0.308 e. The second-order valence-corrected chi connectivity index (χ2v) is 5.58. The highest BCUT2D eigenvalue weighted by atomic mass is 16.5. The van der Waals surface area contributed by atoms with Crippen LogP contribution in [0.5, 0.6) is 5.75 Å². The molecule has 1 amide bonds. The summed E-state index contributed by atoms with van der Waals surface area (Å²) in [6.07, 6.45) is 0. The molecule has 5 nitrogen and oxygen atoms in total. The SMILES string of the molecule is COc1cccc(C(=O)N(CC(C)C)CC(C)C(=O)O)c1. The predicted octanol–water partition coefficient (Wildman–Crippen LogP) is 2.51. The third-order valence-electron chi connectivity index (χ3n) is 3.11. The highest BCUT2D eigenvalue weighted by Crippen LogP contribution is 2.16. The molecule has 1 aromatic rings. The second kappa shape index (κ2) is 7.67. The van der Waals surface area contributed by atoms with Gasteiger partial charge < -0.3 is 14.7 Å². The van der Waals surface area contributed by atoms with Crippen LogP contribution in [0.15, 0.2) is 24.3 Å². The van der Waals surface area contributed by atoms with Gasteiger partial charge >= 0.3 is 5.97 Å². The monoisotopic (exact) mass is 293 g/mol. The summed E-state index contributed by atoms with van der Waals surface area (Å²) in [6.45, 7) is 6.32. The average Bonchev–Trinajstić information content (AvgIpc) is 2.45. The third-order valence-corrected chi connectivity index (χ3v) is 3.11. The van der Waals surface area contributed by atoms with Gasteiger partial charge in [-0.1, -0.05) is 26.8 Å². The van der Waals surface area contributed by atoms with Crippen molar-refractivity contribution < 1.29 is 19.4 Å². The predicted molar refractivity (Wildman–Crippen MR) is 80.5 cm³/mol. The number of hydrogen-bond acceptors (Lipinski definition) is 3. The molecule has 1 aromatic carbocycles. The van der Waals surface area contributed by atoms with Gasteiger partial charge in [0.25, 0.3) is 5.91 Å². The van der Waals surface area contributed by atoms with E-state index in [1.807, 2.05) is 13.8 Å². The first-order chi connectivity index (χ1) is 9.85. The maximum absolute atomic E-state index is 12.6. The van der Waals surface area contributed by atoms with Crippen LogP contribution in [0.4, 0.5) is 0 Å². The third kappa shape index (κ3) is 5.10. The van der Waals surface area contributed by atoms with Crippen LogP contribution in [0.25, 0.3) is 0 Å². The van der Waals surface area contributed by atoms with Crippen LogP contribution >= 0.6 is 0 Å². The summed E-state index contributed by atoms with van der Waals surface area (Å²) in [6, 6.07) is 6.90. The lowest BCUT2D eigenvalue weighted by atomic mass is 10.1. The van der Waals surface area contributed by atoms with Crippen molar-refractivity contribution in [2.24, 2.45) is 11.8 Å². The molecule has 1 atom stereocenters. The fraction of sp³-hybridized carbons (Fsp3) is 0.500. The van der Waals surface area contributed by atoms with E-state index in [1.165, 1.54) is 0 Å². The van der Waals surface area contributed by atoms with Crippen molar-refractivity contribution in [1.29, 1.82) is 0 Å². The zero-order valence-electron chi connectivity index (χ0n) is 13.0. The van der Waals surface area contributed by atoms with Crippen LogP contribution < -0.4 is 4.74 Å². The van der Waals surface area contributed by atoms with Gasteiger partial charge in [-0.05, 0) is 24.1 Å². The van der Waals surface area contributed by atoms with Crippen LogP contribution in [-0.4, -0.2) is 42.1 Å². The molecule has 21 heavy (non-hydrogen) atoms. The molecule has 5 heteroatoms. The number of aliphatic carboxylic acids is 1. The molecule has 0 aliphatic rings. The van der Waals surface area contributed by atoms with Crippen LogP contribution in [0.1, 0.15) is 31.1 Å². The van der Waals surface area contributed by atoms with E-state index in [2.05, 4.69) is 0 Å². The van der Waals surface area contributed by atoms with Gasteiger partial charge in [0.05, 0.1) is 13.0 Å². The summed E-state index contributed by atoms with van der Waals surface area (Å²) in [7, 11) is 1.54. The minimum Gasteiger partial charge on any atom is -0.497 e. The second-order valence-electron chi connectivity index (χ2n) is 5.58. The standard InChI is InChI=1S/C16H23NO4/c1-11(2)9-17(10-12(3)16(19)20)15(18)13-6-5-7-14(8-13)21-4/h5-8,11-12H,9-10H2,1-4H3,(H,19,20). The Balaban J connectivity index is 2.95. The maximum atomic E-state index is 12.6. The lowest BCUT2D eigenvalue weighted by Crippen LogP contribution is -2.39. The zero-order valence-corrected chi connectivity index (χ0v) is 13.0. The fourth-order valence-electron chi connectivity index (χ4n) is 2.03. The molecular formula is C16H23NO4. The summed E-state index contributed by atoms with van der Waals surface area (Å²) in [5.41, 5.74) is 0.507. The molecule has 0 aliphatic heterocycles. The Bertz CT molecular complexity index is 499. The average molecular weight is 293 g/mol. The number of nitrogens with zero attached hydrogens (tertiary/aromatic N) is 1. The van der Waals surface area contributed by atoms with Gasteiger partial charge in [0.1, 0.15) is 5.75 Å². The molecule has 1 unspecified atom stereocenters. The Morgan fingerprint density at radius 1 is 1.24 bits per heavy atom. The Hall–Kier alpha value is -2.04. The van der Waals surface area contributed by atoms with E-state index < -0.39 is 11.9 Å². The number of carbonyl (C=O) groups is 2. The summed E-state index contributed by atoms with van der Waals surface area (Å²) < 4.78 is 5.12. The molecule has 0 fully saturated rings. The Kier molecular flexibility index (Phi) is 6.21. The quantitative estimate of drug-likeness (QED) is 0.839. The maximum Gasteiger partial charge on any atom is 0.308 e. The van der Waals surface area contributed by atoms with Gasteiger partial charge in [-0.25, -0.2) is 0 Å². The van der Waals surface area contributed by atoms with Gasteiger partial charge in [-0.3, -0.25) is 9.59 Å². The molecule has 0 heterocycles. The highest BCUT2D eigenvalue weighted by molar-refractivity contribution is 5.94. The van der Waals surface area contributed by atoms with E-state index in [4.69, 9.17) is 9.84 Å². The van der Waals surface area contributed by atoms with Crippen LogP contribution in [0, 0.1) is 11.8 Å². The largest absolute Gasteiger partial charge is 0.497 e. The topological polar surface area (TPSA) is 66.8 Å². The van der Waals surface area contributed by atoms with Crippen molar-refractivity contribution in [1.82, 2.24) is 4.90 Å². The number of carboxylic acids is 1. The number of carbonyl (C=O) groups excluding carboxylic acids is 1. The van der Waals surface area contributed by atoms with Crippen molar-refractivity contribution in [3.8, 4) is 5.75 Å². The molecule has 0 saturated heterocycles. The first-order valence-electron chi connectivity index (χ1n) is 7.01. The molecule has 1 N–H and O–H groups in total. The number of benzene rings is 1. The van der Waals surface area contributed by atoms with Gasteiger partial charge in [-0.15, -0.1) is 0 Å². The van der Waals surface area contributed by atoms with E-state index >= 15 is 0 Å². The number of rotatable bonds is 7. The highest BCUT2D eigenvalue weighted by Gasteiger charge is 2.22. The summed E-state index contributed by atoms with van der Waals surface area (Å²) >= 11 is 0. The summed E-state index contributed by atoms with van der Waals surface area (Å²) in [4.78, 5) is 25.2. The number of carboxylic acid groups (broad SMARTS) is 1. The molecule has 116 valence electrons. The van der Waals surface area contributed by atoms with Gasteiger partial charge in [0.15, 0.2) is 0 Å². The van der Waals surface area contributed by atoms with Gasteiger partial charge in [0.2, 0.25) is 0 Å². The van der Waals surface area contributed by atoms with Crippen molar-refractivity contribution in [2.75, 3.05) is 20.2 Å². The molecule has 0 spiro atoms. The zero-order chi connectivity index (χ0) is 16.0. The van der Waals surface area contributed by atoms with Crippen molar-refractivity contribution in [2.45, 2.75) is 20.8 Å². The van der Waals surface area contributed by atoms with Crippen molar-refractivity contribution >= 4 is 11.9 Å². The van der Waals surface area contributed by atoms with Crippen LogP contribution in [0.3, 0.4) is 0 Å². The molecule has 0 bridgehead atoms. The number of methoxy groups -OCH3 is 1. The lowest BCUT2D eigenvalue weighted by molar-refractivity contribution is -0.141. The van der Waals surface area contributed by atoms with Gasteiger partial charge in [0, 0.05) is 18.7 Å². The van der Waals surface area contributed by atoms with E-state index in [9.17, 15) is 9.59 Å². The molecule has 1 rings (SSSR count).